The van der Waals surface area contributed by atoms with Gasteiger partial charge in [0.2, 0.25) is 0 Å². The molecule has 1 aromatic heterocycles. The predicted molar refractivity (Wildman–Crippen MR) is 106 cm³/mol. The van der Waals surface area contributed by atoms with Crippen molar-refractivity contribution in [3.05, 3.63) is 57.8 Å². The molecule has 3 rings (SSSR count). The molecule has 2 heterocycles. The first-order valence-electron chi connectivity index (χ1n) is 8.69. The van der Waals surface area contributed by atoms with Gasteiger partial charge in [-0.3, -0.25) is 9.78 Å². The van der Waals surface area contributed by atoms with Crippen LogP contribution in [0, 0.1) is 5.92 Å². The Morgan fingerprint density at radius 3 is 2.33 bits per heavy atom. The van der Waals surface area contributed by atoms with Crippen molar-refractivity contribution in [2.45, 2.75) is 30.4 Å². The second-order valence-electron chi connectivity index (χ2n) is 6.84. The van der Waals surface area contributed by atoms with E-state index in [1.54, 1.807) is 23.1 Å². The van der Waals surface area contributed by atoms with E-state index < -0.39 is 9.84 Å². The van der Waals surface area contributed by atoms with E-state index in [4.69, 9.17) is 23.2 Å². The summed E-state index contributed by atoms with van der Waals surface area (Å²) >= 11 is 12.0. The lowest BCUT2D eigenvalue weighted by Crippen LogP contribution is -2.38. The van der Waals surface area contributed by atoms with Gasteiger partial charge in [0, 0.05) is 19.3 Å². The number of hydrogen-bond donors (Lipinski definition) is 0. The molecule has 1 saturated heterocycles. The van der Waals surface area contributed by atoms with Crippen LogP contribution in [0.4, 0.5) is 0 Å². The minimum Gasteiger partial charge on any atom is -0.337 e. The standard InChI is InChI=1S/C19H20Cl2N2O3S/c1-13-7-9-23(10-8-13)19(24)17-6-5-14(11-22-17)12-27(25,26)18-15(20)3-2-4-16(18)21/h2-6,11,13H,7-10,12H2,1H3. The summed E-state index contributed by atoms with van der Waals surface area (Å²) in [5.41, 5.74) is 0.788. The molecule has 0 atom stereocenters. The summed E-state index contributed by atoms with van der Waals surface area (Å²) in [5, 5.41) is 0.170. The monoisotopic (exact) mass is 426 g/mol. The van der Waals surface area contributed by atoms with Crippen LogP contribution in [0.5, 0.6) is 0 Å². The SMILES string of the molecule is CC1CCN(C(=O)c2ccc(CS(=O)(=O)c3c(Cl)cccc3Cl)cn2)CC1. The number of nitrogens with zero attached hydrogens (tertiary/aromatic N) is 2. The Kier molecular flexibility index (Phi) is 6.08. The van der Waals surface area contributed by atoms with Crippen LogP contribution in [-0.4, -0.2) is 37.3 Å². The summed E-state index contributed by atoms with van der Waals surface area (Å²) in [6, 6.07) is 7.74. The number of carbonyl (C=O) groups is 1. The maximum Gasteiger partial charge on any atom is 0.272 e. The summed E-state index contributed by atoms with van der Waals surface area (Å²) < 4.78 is 25.3. The van der Waals surface area contributed by atoms with E-state index in [0.717, 1.165) is 25.9 Å². The predicted octanol–water partition coefficient (Wildman–Crippen LogP) is 4.23. The quantitative estimate of drug-likeness (QED) is 0.732. The van der Waals surface area contributed by atoms with Crippen molar-refractivity contribution < 1.29 is 13.2 Å². The van der Waals surface area contributed by atoms with Crippen LogP contribution < -0.4 is 0 Å². The van der Waals surface area contributed by atoms with E-state index in [-0.39, 0.29) is 26.6 Å². The van der Waals surface area contributed by atoms with Gasteiger partial charge in [-0.25, -0.2) is 8.42 Å². The molecule has 5 nitrogen and oxygen atoms in total. The second kappa shape index (κ2) is 8.17. The Balaban J connectivity index is 1.75. The van der Waals surface area contributed by atoms with Gasteiger partial charge in [-0.15, -0.1) is 0 Å². The lowest BCUT2D eigenvalue weighted by Gasteiger charge is -2.30. The molecular weight excluding hydrogens is 407 g/mol. The van der Waals surface area contributed by atoms with E-state index >= 15 is 0 Å². The van der Waals surface area contributed by atoms with Gasteiger partial charge >= 0.3 is 0 Å². The normalized spacial score (nSPS) is 15.7. The number of sulfone groups is 1. The molecular formula is C19H20Cl2N2O3S. The third-order valence-corrected chi connectivity index (χ3v) is 7.33. The van der Waals surface area contributed by atoms with Crippen molar-refractivity contribution in [3.63, 3.8) is 0 Å². The third-order valence-electron chi connectivity index (χ3n) is 4.70. The van der Waals surface area contributed by atoms with Crippen molar-refractivity contribution in [1.29, 1.82) is 0 Å². The van der Waals surface area contributed by atoms with E-state index in [0.29, 0.717) is 17.2 Å². The molecule has 27 heavy (non-hydrogen) atoms. The minimum atomic E-state index is -3.73. The average Bonchev–Trinajstić information content (AvgIpc) is 2.62. The molecule has 1 fully saturated rings. The smallest absolute Gasteiger partial charge is 0.272 e. The van der Waals surface area contributed by atoms with Gasteiger partial charge in [-0.1, -0.05) is 42.3 Å². The molecule has 1 amide bonds. The van der Waals surface area contributed by atoms with Crippen LogP contribution >= 0.6 is 23.2 Å². The lowest BCUT2D eigenvalue weighted by atomic mass is 9.99. The van der Waals surface area contributed by atoms with Crippen molar-refractivity contribution >= 4 is 38.9 Å². The van der Waals surface area contributed by atoms with Gasteiger partial charge in [0.1, 0.15) is 10.6 Å². The molecule has 0 spiro atoms. The van der Waals surface area contributed by atoms with Gasteiger partial charge in [0.15, 0.2) is 9.84 Å². The number of piperidine rings is 1. The molecule has 0 saturated carbocycles. The van der Waals surface area contributed by atoms with Gasteiger partial charge in [-0.2, -0.15) is 0 Å². The Bertz CT molecular complexity index is 918. The molecule has 1 aromatic carbocycles. The maximum atomic E-state index is 12.7. The van der Waals surface area contributed by atoms with Crippen LogP contribution in [0.1, 0.15) is 35.8 Å². The average molecular weight is 427 g/mol. The van der Waals surface area contributed by atoms with E-state index in [2.05, 4.69) is 11.9 Å². The maximum absolute atomic E-state index is 12.7. The highest BCUT2D eigenvalue weighted by molar-refractivity contribution is 7.90. The van der Waals surface area contributed by atoms with Gasteiger partial charge < -0.3 is 4.90 Å². The second-order valence-corrected chi connectivity index (χ2v) is 9.58. The van der Waals surface area contributed by atoms with Gasteiger partial charge in [0.05, 0.1) is 15.8 Å². The van der Waals surface area contributed by atoms with E-state index in [1.165, 1.54) is 18.3 Å². The third kappa shape index (κ3) is 4.62. The largest absolute Gasteiger partial charge is 0.337 e. The van der Waals surface area contributed by atoms with Crippen molar-refractivity contribution in [2.75, 3.05) is 13.1 Å². The summed E-state index contributed by atoms with van der Waals surface area (Å²) in [6.07, 6.45) is 3.39. The number of benzene rings is 1. The van der Waals surface area contributed by atoms with Crippen LogP contribution in [0.15, 0.2) is 41.4 Å². The Morgan fingerprint density at radius 2 is 1.78 bits per heavy atom. The van der Waals surface area contributed by atoms with Gasteiger partial charge in [-0.05, 0) is 42.5 Å². The highest BCUT2D eigenvalue weighted by Gasteiger charge is 2.24. The number of rotatable bonds is 4. The van der Waals surface area contributed by atoms with Crippen LogP contribution in [0.2, 0.25) is 10.0 Å². The topological polar surface area (TPSA) is 67.3 Å². The number of amides is 1. The molecule has 144 valence electrons. The first-order valence-corrected chi connectivity index (χ1v) is 11.1. The Labute approximate surface area is 169 Å². The molecule has 1 aliphatic rings. The van der Waals surface area contributed by atoms with Crippen LogP contribution in [0.3, 0.4) is 0 Å². The first kappa shape index (κ1) is 20.1. The number of likely N-dealkylation sites (tertiary alicyclic amines) is 1. The van der Waals surface area contributed by atoms with Gasteiger partial charge in [0.25, 0.3) is 5.91 Å². The first-order chi connectivity index (χ1) is 12.8. The summed E-state index contributed by atoms with van der Waals surface area (Å²) in [6.45, 7) is 3.63. The molecule has 0 aliphatic carbocycles. The number of hydrogen-bond acceptors (Lipinski definition) is 4. The fraction of sp³-hybridized carbons (Fsp3) is 0.368. The van der Waals surface area contributed by atoms with Crippen LogP contribution in [0.25, 0.3) is 0 Å². The number of carbonyl (C=O) groups excluding carboxylic acids is 1. The lowest BCUT2D eigenvalue weighted by molar-refractivity contribution is 0.0691. The highest BCUT2D eigenvalue weighted by Crippen LogP contribution is 2.31. The molecule has 1 aliphatic heterocycles. The Morgan fingerprint density at radius 1 is 1.15 bits per heavy atom. The summed E-state index contributed by atoms with van der Waals surface area (Å²) in [7, 11) is -3.73. The fourth-order valence-electron chi connectivity index (χ4n) is 3.08. The molecule has 8 heteroatoms. The summed E-state index contributed by atoms with van der Waals surface area (Å²) in [5.74, 6) is 0.218. The molecule has 0 N–H and O–H groups in total. The van der Waals surface area contributed by atoms with Crippen LogP contribution in [-0.2, 0) is 15.6 Å². The zero-order chi connectivity index (χ0) is 19.6. The molecule has 0 bridgehead atoms. The van der Waals surface area contributed by atoms with E-state index in [9.17, 15) is 13.2 Å². The Hall–Kier alpha value is -1.63. The minimum absolute atomic E-state index is 0.0848. The number of halogens is 2. The molecule has 0 radical (unpaired) electrons. The zero-order valence-corrected chi connectivity index (χ0v) is 17.2. The van der Waals surface area contributed by atoms with Crippen molar-refractivity contribution in [1.82, 2.24) is 9.88 Å². The summed E-state index contributed by atoms with van der Waals surface area (Å²) in [4.78, 5) is 18.4. The van der Waals surface area contributed by atoms with E-state index in [1.807, 2.05) is 0 Å². The zero-order valence-electron chi connectivity index (χ0n) is 14.9. The molecule has 0 unspecified atom stereocenters. The highest BCUT2D eigenvalue weighted by atomic mass is 35.5. The fourth-order valence-corrected chi connectivity index (χ4v) is 5.67. The van der Waals surface area contributed by atoms with Crippen molar-refractivity contribution in [2.24, 2.45) is 5.92 Å². The molecule has 2 aromatic rings. The number of pyridine rings is 1. The van der Waals surface area contributed by atoms with Crippen molar-refractivity contribution in [3.8, 4) is 0 Å². The number of aromatic nitrogens is 1.